The van der Waals surface area contributed by atoms with Crippen molar-refractivity contribution >= 4 is 41.3 Å². The highest BCUT2D eigenvalue weighted by Crippen LogP contribution is 2.43. The van der Waals surface area contributed by atoms with Crippen molar-refractivity contribution in [3.63, 3.8) is 0 Å². The van der Waals surface area contributed by atoms with Gasteiger partial charge in [-0.15, -0.1) is 11.8 Å². The maximum absolute atomic E-state index is 13.2. The number of rotatable bonds is 11. The number of aliphatic hydroxyl groups is 1. The summed E-state index contributed by atoms with van der Waals surface area (Å²) in [5, 5.41) is 22.0. The van der Waals surface area contributed by atoms with Crippen molar-refractivity contribution in [2.45, 2.75) is 56.1 Å². The Balaban J connectivity index is 1.16. The molecule has 4 aromatic rings. The molecule has 3 N–H and O–H groups in total. The number of imide groups is 1. The van der Waals surface area contributed by atoms with Gasteiger partial charge in [0.05, 0.1) is 36.5 Å². The minimum atomic E-state index is -1.07. The van der Waals surface area contributed by atoms with E-state index in [-0.39, 0.29) is 37.2 Å². The summed E-state index contributed by atoms with van der Waals surface area (Å²) in [5.74, 6) is -1.87. The van der Waals surface area contributed by atoms with Crippen LogP contribution in [0.5, 0.6) is 0 Å². The van der Waals surface area contributed by atoms with Crippen molar-refractivity contribution < 1.29 is 43.6 Å². The summed E-state index contributed by atoms with van der Waals surface area (Å²) in [5.41, 5.74) is 3.50. The van der Waals surface area contributed by atoms with E-state index in [1.54, 1.807) is 48.7 Å². The lowest BCUT2D eigenvalue weighted by Gasteiger charge is -2.41. The zero-order valence-electron chi connectivity index (χ0n) is 27.0. The molecular formula is C37H35N3O9S. The highest BCUT2D eigenvalue weighted by Gasteiger charge is 2.42. The summed E-state index contributed by atoms with van der Waals surface area (Å²) in [6.45, 7) is 1.93. The predicted octanol–water partition coefficient (Wildman–Crippen LogP) is 5.41. The SMILES string of the molecule is CC1C(CSc2ncccc2C(=O)O)OC(c2ccc(N3C(=O)CC(NC(=O)OCc4ccccc4)C3=O)cc2)OC1c1ccc(CO)cc1. The molecule has 3 heterocycles. The number of benzene rings is 3. The minimum Gasteiger partial charge on any atom is -0.478 e. The summed E-state index contributed by atoms with van der Waals surface area (Å²) in [7, 11) is 0. The first-order chi connectivity index (χ1) is 24.2. The maximum Gasteiger partial charge on any atom is 0.408 e. The molecule has 2 aliphatic rings. The second-order valence-electron chi connectivity index (χ2n) is 11.9. The number of aromatic carboxylic acids is 1. The van der Waals surface area contributed by atoms with Gasteiger partial charge in [-0.05, 0) is 41.0 Å². The number of carbonyl (C=O) groups excluding carboxylic acids is 3. The first-order valence-electron chi connectivity index (χ1n) is 16.0. The molecule has 0 bridgehead atoms. The average molecular weight is 698 g/mol. The van der Waals surface area contributed by atoms with Crippen molar-refractivity contribution in [3.8, 4) is 0 Å². The molecule has 2 aliphatic heterocycles. The Bertz CT molecular complexity index is 1840. The number of aliphatic hydroxyl groups excluding tert-OH is 1. The van der Waals surface area contributed by atoms with Gasteiger partial charge in [0.15, 0.2) is 6.29 Å². The number of anilines is 1. The normalized spacial score (nSPS) is 22.0. The molecule has 2 saturated heterocycles. The molecule has 3 amide bonds. The van der Waals surface area contributed by atoms with Gasteiger partial charge in [0.25, 0.3) is 5.91 Å². The third kappa shape index (κ3) is 7.87. The number of amides is 3. The first-order valence-corrected chi connectivity index (χ1v) is 17.0. The van der Waals surface area contributed by atoms with Gasteiger partial charge >= 0.3 is 12.1 Å². The molecule has 258 valence electrons. The smallest absolute Gasteiger partial charge is 0.408 e. The van der Waals surface area contributed by atoms with E-state index in [4.69, 9.17) is 14.2 Å². The van der Waals surface area contributed by atoms with Crippen molar-refractivity contribution in [2.75, 3.05) is 10.7 Å². The summed E-state index contributed by atoms with van der Waals surface area (Å²) < 4.78 is 18.2. The van der Waals surface area contributed by atoms with Crippen LogP contribution in [0.25, 0.3) is 0 Å². The third-order valence-electron chi connectivity index (χ3n) is 8.58. The van der Waals surface area contributed by atoms with E-state index in [1.165, 1.54) is 17.8 Å². The highest BCUT2D eigenvalue weighted by atomic mass is 32.2. The average Bonchev–Trinajstić information content (AvgIpc) is 3.42. The van der Waals surface area contributed by atoms with Crippen LogP contribution in [0.3, 0.4) is 0 Å². The van der Waals surface area contributed by atoms with Crippen LogP contribution in [0.4, 0.5) is 10.5 Å². The molecule has 0 saturated carbocycles. The Morgan fingerprint density at radius 1 is 0.940 bits per heavy atom. The molecule has 6 rings (SSSR count). The van der Waals surface area contributed by atoms with E-state index in [2.05, 4.69) is 10.3 Å². The van der Waals surface area contributed by atoms with E-state index in [0.29, 0.717) is 22.0 Å². The molecular weight excluding hydrogens is 662 g/mol. The lowest BCUT2D eigenvalue weighted by Crippen LogP contribution is -2.42. The summed E-state index contributed by atoms with van der Waals surface area (Å²) in [6.07, 6.45) is -1.10. The van der Waals surface area contributed by atoms with E-state index >= 15 is 0 Å². The molecule has 0 aliphatic carbocycles. The van der Waals surface area contributed by atoms with Gasteiger partial charge < -0.3 is 29.7 Å². The van der Waals surface area contributed by atoms with E-state index in [1.807, 2.05) is 49.4 Å². The second-order valence-corrected chi connectivity index (χ2v) is 12.9. The van der Waals surface area contributed by atoms with Gasteiger partial charge in [0, 0.05) is 23.4 Å². The van der Waals surface area contributed by atoms with Crippen LogP contribution in [0.15, 0.2) is 102 Å². The van der Waals surface area contributed by atoms with Crippen LogP contribution in [0, 0.1) is 5.92 Å². The molecule has 3 aromatic carbocycles. The Kier molecular flexibility index (Phi) is 10.9. The van der Waals surface area contributed by atoms with Gasteiger partial charge in [-0.25, -0.2) is 19.5 Å². The summed E-state index contributed by atoms with van der Waals surface area (Å²) >= 11 is 1.29. The molecule has 13 heteroatoms. The number of ether oxygens (including phenoxy) is 3. The molecule has 12 nitrogen and oxygen atoms in total. The largest absolute Gasteiger partial charge is 0.478 e. The third-order valence-corrected chi connectivity index (χ3v) is 9.68. The topological polar surface area (TPSA) is 165 Å². The lowest BCUT2D eigenvalue weighted by atomic mass is 9.91. The number of carbonyl (C=O) groups is 4. The van der Waals surface area contributed by atoms with Crippen molar-refractivity contribution in [3.05, 3.63) is 125 Å². The fourth-order valence-electron chi connectivity index (χ4n) is 5.84. The lowest BCUT2D eigenvalue weighted by molar-refractivity contribution is -0.268. The predicted molar refractivity (Wildman–Crippen MR) is 182 cm³/mol. The number of pyridine rings is 1. The Labute approximate surface area is 292 Å². The number of nitrogens with one attached hydrogen (secondary N) is 1. The minimum absolute atomic E-state index is 0.0255. The Morgan fingerprint density at radius 3 is 2.36 bits per heavy atom. The van der Waals surface area contributed by atoms with Gasteiger partial charge in [0.2, 0.25) is 5.91 Å². The zero-order chi connectivity index (χ0) is 35.2. The number of carboxylic acid groups (broad SMARTS) is 1. The highest BCUT2D eigenvalue weighted by molar-refractivity contribution is 7.99. The van der Waals surface area contributed by atoms with Crippen molar-refractivity contribution in [1.82, 2.24) is 10.3 Å². The summed E-state index contributed by atoms with van der Waals surface area (Å²) in [6, 6.07) is 25.2. The van der Waals surface area contributed by atoms with E-state index in [9.17, 15) is 29.4 Å². The summed E-state index contributed by atoms with van der Waals surface area (Å²) in [4.78, 5) is 55.6. The van der Waals surface area contributed by atoms with Gasteiger partial charge in [-0.1, -0.05) is 73.7 Å². The number of hydrogen-bond donors (Lipinski definition) is 3. The molecule has 1 aromatic heterocycles. The zero-order valence-corrected chi connectivity index (χ0v) is 27.8. The number of aromatic nitrogens is 1. The Morgan fingerprint density at radius 2 is 1.66 bits per heavy atom. The first kappa shape index (κ1) is 34.8. The van der Waals surface area contributed by atoms with Crippen LogP contribution < -0.4 is 10.2 Å². The van der Waals surface area contributed by atoms with Crippen molar-refractivity contribution in [1.29, 1.82) is 0 Å². The quantitative estimate of drug-likeness (QED) is 0.136. The van der Waals surface area contributed by atoms with E-state index < -0.39 is 42.3 Å². The van der Waals surface area contributed by atoms with Crippen LogP contribution in [-0.2, 0) is 37.0 Å². The standard InChI is InChI=1S/C37H35N3O9S/c1-22-30(21-50-33-28(35(44)45)8-5-17-38-33)48-36(49-32(22)25-11-9-23(19-41)10-12-25)26-13-15-27(16-14-26)40-31(42)18-29(34(40)43)39-37(46)47-20-24-6-3-2-4-7-24/h2-17,22,29-30,32,36,41H,18-21H2,1H3,(H,39,46)(H,44,45). The van der Waals surface area contributed by atoms with Crippen molar-refractivity contribution in [2.24, 2.45) is 5.92 Å². The van der Waals surface area contributed by atoms with E-state index in [0.717, 1.165) is 21.6 Å². The molecule has 5 atom stereocenters. The monoisotopic (exact) mass is 697 g/mol. The fourth-order valence-corrected chi connectivity index (χ4v) is 6.99. The molecule has 2 fully saturated rings. The van der Waals surface area contributed by atoms with Crippen LogP contribution in [0.2, 0.25) is 0 Å². The Hall–Kier alpha value is -5.08. The molecule has 0 spiro atoms. The second kappa shape index (κ2) is 15.6. The van der Waals surface area contributed by atoms with Crippen LogP contribution in [0.1, 0.15) is 58.4 Å². The molecule has 5 unspecified atom stereocenters. The molecule has 0 radical (unpaired) electrons. The molecule has 50 heavy (non-hydrogen) atoms. The maximum atomic E-state index is 13.2. The number of thioether (sulfide) groups is 1. The van der Waals surface area contributed by atoms with Crippen LogP contribution in [-0.4, -0.2) is 57.0 Å². The van der Waals surface area contributed by atoms with Crippen LogP contribution >= 0.6 is 11.8 Å². The van der Waals surface area contributed by atoms with Gasteiger partial charge in [-0.3, -0.25) is 9.59 Å². The number of hydrogen-bond acceptors (Lipinski definition) is 10. The number of nitrogens with zero attached hydrogens (tertiary/aromatic N) is 2. The fraction of sp³-hybridized carbons (Fsp3) is 0.270. The number of alkyl carbamates (subject to hydrolysis) is 1. The van der Waals surface area contributed by atoms with Gasteiger partial charge in [0.1, 0.15) is 17.7 Å². The van der Waals surface area contributed by atoms with Gasteiger partial charge in [-0.2, -0.15) is 0 Å². The number of carboxylic acids is 1.